The maximum Gasteiger partial charge on any atom is 0.295 e. The number of aromatic nitrogens is 1. The zero-order valence-electron chi connectivity index (χ0n) is 21.6. The van der Waals surface area contributed by atoms with Crippen molar-refractivity contribution < 1.29 is 14.3 Å². The molecule has 1 aliphatic heterocycles. The van der Waals surface area contributed by atoms with Gasteiger partial charge in [0.15, 0.2) is 5.58 Å². The highest BCUT2D eigenvalue weighted by molar-refractivity contribution is 5.97. The number of hydrogen-bond acceptors (Lipinski definition) is 7. The summed E-state index contributed by atoms with van der Waals surface area (Å²) >= 11 is 0. The van der Waals surface area contributed by atoms with E-state index in [9.17, 15) is 9.90 Å². The molecule has 0 bridgehead atoms. The molecule has 1 aliphatic rings. The van der Waals surface area contributed by atoms with Gasteiger partial charge in [-0.3, -0.25) is 4.79 Å². The van der Waals surface area contributed by atoms with Crippen LogP contribution in [0.15, 0.2) is 52.9 Å². The Morgan fingerprint density at radius 3 is 2.61 bits per heavy atom. The molecule has 4 N–H and O–H groups in total. The molecule has 1 aromatic heterocycles. The van der Waals surface area contributed by atoms with E-state index in [1.807, 2.05) is 36.4 Å². The Hall–Kier alpha value is -2.94. The highest BCUT2D eigenvalue weighted by Crippen LogP contribution is 2.23. The summed E-state index contributed by atoms with van der Waals surface area (Å²) in [6.45, 7) is 6.88. The van der Waals surface area contributed by atoms with E-state index >= 15 is 0 Å². The van der Waals surface area contributed by atoms with Gasteiger partial charge in [0.1, 0.15) is 5.52 Å². The summed E-state index contributed by atoms with van der Waals surface area (Å²) < 4.78 is 5.96. The molecule has 0 unspecified atom stereocenters. The number of likely N-dealkylation sites (tertiary alicyclic amines) is 1. The van der Waals surface area contributed by atoms with E-state index in [0.29, 0.717) is 41.7 Å². The van der Waals surface area contributed by atoms with Crippen LogP contribution >= 0.6 is 0 Å². The second-order valence-corrected chi connectivity index (χ2v) is 10.4. The first-order valence-electron chi connectivity index (χ1n) is 12.9. The Morgan fingerprint density at radius 2 is 1.92 bits per heavy atom. The van der Waals surface area contributed by atoms with Crippen LogP contribution in [0.2, 0.25) is 0 Å². The minimum atomic E-state index is -0.841. The summed E-state index contributed by atoms with van der Waals surface area (Å²) in [5.41, 5.74) is 9.16. The summed E-state index contributed by atoms with van der Waals surface area (Å²) in [7, 11) is 2.13. The highest BCUT2D eigenvalue weighted by atomic mass is 16.4. The number of aliphatic hydroxyl groups excluding tert-OH is 1. The van der Waals surface area contributed by atoms with Crippen LogP contribution in [0.1, 0.15) is 42.6 Å². The lowest BCUT2D eigenvalue weighted by Gasteiger charge is -2.29. The number of fused-ring (bicyclic) bond motifs is 1. The molecule has 2 heterocycles. The van der Waals surface area contributed by atoms with Crippen molar-refractivity contribution in [2.45, 2.75) is 51.3 Å². The molecule has 3 aromatic rings. The number of carbonyl (C=O) groups excluding carboxylic acids is 1. The maximum absolute atomic E-state index is 13.5. The molecule has 36 heavy (non-hydrogen) atoms. The number of rotatable bonds is 10. The van der Waals surface area contributed by atoms with Crippen molar-refractivity contribution in [2.75, 3.05) is 38.5 Å². The first-order valence-corrected chi connectivity index (χ1v) is 12.9. The van der Waals surface area contributed by atoms with E-state index in [-0.39, 0.29) is 18.4 Å². The number of nitrogens with one attached hydrogen (secondary N) is 1. The average molecular weight is 494 g/mol. The van der Waals surface area contributed by atoms with E-state index in [1.165, 1.54) is 0 Å². The van der Waals surface area contributed by atoms with Gasteiger partial charge in [-0.05, 0) is 69.1 Å². The number of anilines is 1. The number of piperidine rings is 1. The summed E-state index contributed by atoms with van der Waals surface area (Å²) in [6, 6.07) is 15.5. The van der Waals surface area contributed by atoms with Gasteiger partial charge in [-0.15, -0.1) is 0 Å². The van der Waals surface area contributed by atoms with E-state index in [4.69, 9.17) is 10.2 Å². The van der Waals surface area contributed by atoms with Crippen molar-refractivity contribution in [3.8, 4) is 0 Å². The average Bonchev–Trinajstić information content (AvgIpc) is 3.26. The molecule has 1 amide bonds. The zero-order valence-corrected chi connectivity index (χ0v) is 21.6. The maximum atomic E-state index is 13.5. The Balaban J connectivity index is 1.44. The smallest absolute Gasteiger partial charge is 0.295 e. The largest absolute Gasteiger partial charge is 0.424 e. The van der Waals surface area contributed by atoms with Gasteiger partial charge in [0.25, 0.3) is 11.9 Å². The Bertz CT molecular complexity index is 1120. The summed E-state index contributed by atoms with van der Waals surface area (Å²) in [5, 5.41) is 14.2. The Kier molecular flexibility index (Phi) is 8.61. The second-order valence-electron chi connectivity index (χ2n) is 10.4. The molecule has 194 valence electrons. The van der Waals surface area contributed by atoms with E-state index in [1.54, 1.807) is 17.0 Å². The summed E-state index contributed by atoms with van der Waals surface area (Å²) in [6.07, 6.45) is 1.78. The fraction of sp³-hybridized carbons (Fsp3) is 0.500. The number of amides is 1. The van der Waals surface area contributed by atoms with Crippen molar-refractivity contribution >= 4 is 23.0 Å². The zero-order chi connectivity index (χ0) is 25.7. The number of oxazole rings is 1. The van der Waals surface area contributed by atoms with Gasteiger partial charge >= 0.3 is 0 Å². The predicted molar refractivity (Wildman–Crippen MR) is 143 cm³/mol. The fourth-order valence-corrected chi connectivity index (χ4v) is 4.69. The van der Waals surface area contributed by atoms with Gasteiger partial charge in [-0.25, -0.2) is 0 Å². The van der Waals surface area contributed by atoms with Crippen molar-refractivity contribution in [3.05, 3.63) is 59.7 Å². The van der Waals surface area contributed by atoms with Crippen LogP contribution in [-0.4, -0.2) is 77.2 Å². The first-order chi connectivity index (χ1) is 17.3. The lowest BCUT2D eigenvalue weighted by molar-refractivity contribution is 0.0545. The van der Waals surface area contributed by atoms with Gasteiger partial charge < -0.3 is 30.4 Å². The third kappa shape index (κ3) is 6.84. The van der Waals surface area contributed by atoms with Gasteiger partial charge in [-0.2, -0.15) is 4.98 Å². The van der Waals surface area contributed by atoms with Crippen molar-refractivity contribution in [1.82, 2.24) is 14.8 Å². The SMILES string of the molecule is CC(C)CN(C[C@@H](O)[C@@H](N)Cc1ccccc1)C(=O)c1ccc2nc(NC3CCN(C)CC3)oc2c1. The number of nitrogens with zero attached hydrogens (tertiary/aromatic N) is 3. The molecule has 8 heteroatoms. The van der Waals surface area contributed by atoms with Crippen LogP contribution < -0.4 is 11.1 Å². The third-order valence-electron chi connectivity index (χ3n) is 6.77. The number of nitrogens with two attached hydrogens (primary N) is 1. The van der Waals surface area contributed by atoms with Gasteiger partial charge in [0.05, 0.1) is 6.10 Å². The monoisotopic (exact) mass is 493 g/mol. The Morgan fingerprint density at radius 1 is 1.19 bits per heavy atom. The Labute approximate surface area is 213 Å². The lowest BCUT2D eigenvalue weighted by Crippen LogP contribution is -2.47. The van der Waals surface area contributed by atoms with Gasteiger partial charge in [0.2, 0.25) is 0 Å². The van der Waals surface area contributed by atoms with Gasteiger partial charge in [-0.1, -0.05) is 44.2 Å². The normalized spacial score (nSPS) is 16.8. The van der Waals surface area contributed by atoms with E-state index in [2.05, 4.69) is 36.1 Å². The summed E-state index contributed by atoms with van der Waals surface area (Å²) in [4.78, 5) is 22.1. The molecule has 0 spiro atoms. The van der Waals surface area contributed by atoms with E-state index < -0.39 is 12.1 Å². The molecule has 0 saturated carbocycles. The molecule has 1 saturated heterocycles. The van der Waals surface area contributed by atoms with Crippen LogP contribution in [0.3, 0.4) is 0 Å². The molecule has 2 aromatic carbocycles. The van der Waals surface area contributed by atoms with Crippen LogP contribution in [-0.2, 0) is 6.42 Å². The molecule has 4 rings (SSSR count). The quantitative estimate of drug-likeness (QED) is 0.397. The highest BCUT2D eigenvalue weighted by Gasteiger charge is 2.25. The molecule has 1 fully saturated rings. The molecular formula is C28H39N5O3. The van der Waals surface area contributed by atoms with Crippen LogP contribution in [0.25, 0.3) is 11.1 Å². The van der Waals surface area contributed by atoms with Crippen molar-refractivity contribution in [1.29, 1.82) is 0 Å². The van der Waals surface area contributed by atoms with Crippen molar-refractivity contribution in [3.63, 3.8) is 0 Å². The molecule has 2 atom stereocenters. The minimum Gasteiger partial charge on any atom is -0.424 e. The third-order valence-corrected chi connectivity index (χ3v) is 6.77. The number of carbonyl (C=O) groups is 1. The van der Waals surface area contributed by atoms with E-state index in [0.717, 1.165) is 31.5 Å². The van der Waals surface area contributed by atoms with Crippen LogP contribution in [0.4, 0.5) is 6.01 Å². The second kappa shape index (κ2) is 11.9. The molecule has 8 nitrogen and oxygen atoms in total. The standard InChI is InChI=1S/C28H39N5O3/c1-19(2)17-33(18-25(34)23(29)15-20-7-5-4-6-8-20)27(35)21-9-10-24-26(16-21)36-28(31-24)30-22-11-13-32(3)14-12-22/h4-10,16,19,22-23,25,34H,11-15,17-18,29H2,1-3H3,(H,30,31)/t23-,25+/m0/s1. The summed E-state index contributed by atoms with van der Waals surface area (Å²) in [5.74, 6) is 0.0867. The molecular weight excluding hydrogens is 454 g/mol. The van der Waals surface area contributed by atoms with Crippen LogP contribution in [0, 0.1) is 5.92 Å². The van der Waals surface area contributed by atoms with Gasteiger partial charge in [0, 0.05) is 30.7 Å². The number of hydrogen-bond donors (Lipinski definition) is 3. The minimum absolute atomic E-state index is 0.155. The lowest BCUT2D eigenvalue weighted by atomic mass is 10.0. The number of benzene rings is 2. The molecule has 0 aliphatic carbocycles. The first kappa shape index (κ1) is 26.1. The fourth-order valence-electron chi connectivity index (χ4n) is 4.69. The van der Waals surface area contributed by atoms with Crippen LogP contribution in [0.5, 0.6) is 0 Å². The van der Waals surface area contributed by atoms with Crippen molar-refractivity contribution in [2.24, 2.45) is 11.7 Å². The number of aliphatic hydroxyl groups is 1. The topological polar surface area (TPSA) is 108 Å². The molecule has 0 radical (unpaired) electrons. The predicted octanol–water partition coefficient (Wildman–Crippen LogP) is 3.36.